The first-order chi connectivity index (χ1) is 22.7. The summed E-state index contributed by atoms with van der Waals surface area (Å²) in [6.45, 7) is 5.29. The number of methoxy groups -OCH3 is 1. The van der Waals surface area contributed by atoms with E-state index >= 15 is 0 Å². The van der Waals surface area contributed by atoms with Gasteiger partial charge in [0.2, 0.25) is 0 Å². The minimum absolute atomic E-state index is 0.0582. The molecule has 7 rings (SSSR count). The van der Waals surface area contributed by atoms with Crippen molar-refractivity contribution in [2.45, 2.75) is 69.6 Å². The maximum absolute atomic E-state index is 14.0. The topological polar surface area (TPSA) is 72.7 Å². The number of carbonyl (C=O) groups excluding carboxylic acids is 1. The molecule has 2 saturated heterocycles. The highest BCUT2D eigenvalue weighted by atomic mass is 16.5. The van der Waals surface area contributed by atoms with E-state index in [-0.39, 0.29) is 12.0 Å². The minimum Gasteiger partial charge on any atom is -0.497 e. The summed E-state index contributed by atoms with van der Waals surface area (Å²) in [7, 11) is 1.67. The van der Waals surface area contributed by atoms with Gasteiger partial charge in [0.05, 0.1) is 13.4 Å². The van der Waals surface area contributed by atoms with E-state index in [2.05, 4.69) is 54.7 Å². The second kappa shape index (κ2) is 14.3. The third-order valence-electron chi connectivity index (χ3n) is 10.7. The molecule has 0 amide bonds. The predicted molar refractivity (Wildman–Crippen MR) is 180 cm³/mol. The molecule has 4 aromatic rings. The maximum Gasteiger partial charge on any atom is 0.323 e. The monoisotopic (exact) mass is 621 g/mol. The molecule has 2 aliphatic heterocycles. The highest BCUT2D eigenvalue weighted by Gasteiger charge is 2.44. The van der Waals surface area contributed by atoms with Gasteiger partial charge in [0, 0.05) is 50.9 Å². The number of hydrogen-bond donors (Lipinski definition) is 0. The Labute approximate surface area is 272 Å². The summed E-state index contributed by atoms with van der Waals surface area (Å²) >= 11 is 0. The van der Waals surface area contributed by atoms with Gasteiger partial charge in [0.15, 0.2) is 5.65 Å². The second-order valence-corrected chi connectivity index (χ2v) is 13.6. The molecule has 46 heavy (non-hydrogen) atoms. The summed E-state index contributed by atoms with van der Waals surface area (Å²) in [5, 5.41) is 0. The van der Waals surface area contributed by atoms with E-state index in [4.69, 9.17) is 9.47 Å². The number of pyridine rings is 1. The molecule has 0 N–H and O–H groups in total. The van der Waals surface area contributed by atoms with E-state index in [1.165, 1.54) is 24.8 Å². The molecule has 1 aliphatic carbocycles. The van der Waals surface area contributed by atoms with Crippen LogP contribution in [0.3, 0.4) is 0 Å². The summed E-state index contributed by atoms with van der Waals surface area (Å²) in [5.74, 6) is 1.94. The Kier molecular flexibility index (Phi) is 9.63. The molecule has 4 heterocycles. The summed E-state index contributed by atoms with van der Waals surface area (Å²) in [6.07, 6.45) is 11.9. The molecule has 0 radical (unpaired) electrons. The minimum atomic E-state index is -0.192. The first-order valence-electron chi connectivity index (χ1n) is 17.2. The molecule has 0 unspecified atom stereocenters. The zero-order valence-electron chi connectivity index (χ0n) is 27.0. The molecule has 3 aliphatic rings. The van der Waals surface area contributed by atoms with Gasteiger partial charge in [0.25, 0.3) is 0 Å². The quantitative estimate of drug-likeness (QED) is 0.188. The highest BCUT2D eigenvalue weighted by Crippen LogP contribution is 2.39. The van der Waals surface area contributed by atoms with Crippen LogP contribution < -0.4 is 4.74 Å². The van der Waals surface area contributed by atoms with Gasteiger partial charge in [-0.25, -0.2) is 9.97 Å². The Morgan fingerprint density at radius 2 is 1.67 bits per heavy atom. The number of aromatic nitrogens is 3. The number of hydrogen-bond acceptors (Lipinski definition) is 7. The third kappa shape index (κ3) is 6.83. The molecule has 8 heteroatoms. The van der Waals surface area contributed by atoms with E-state index in [0.717, 1.165) is 80.9 Å². The zero-order chi connectivity index (χ0) is 31.3. The van der Waals surface area contributed by atoms with Gasteiger partial charge in [0.1, 0.15) is 23.9 Å². The Balaban J connectivity index is 1.05. The molecule has 242 valence electrons. The molecule has 0 bridgehead atoms. The van der Waals surface area contributed by atoms with Gasteiger partial charge in [-0.15, -0.1) is 0 Å². The molecule has 1 saturated carbocycles. The standard InChI is InChI=1S/C38H47N5O3/c1-45-33-16-14-28(15-17-33)26-46-38(44)36(30-11-6-3-7-12-30)42-24-31(34(25-42)29-9-4-2-5-10-29)23-41-21-18-32(19-22-41)43-27-40-35-13-8-20-39-37(35)43/h2,4-5,8-10,13-17,20,27,30-32,34,36H,3,6-7,11-12,18-19,21-26H2,1H3/t31-,34+,36+/m0/s1. The van der Waals surface area contributed by atoms with Crippen LogP contribution in [-0.4, -0.2) is 76.2 Å². The van der Waals surface area contributed by atoms with E-state index < -0.39 is 0 Å². The summed E-state index contributed by atoms with van der Waals surface area (Å²) < 4.78 is 13.7. The smallest absolute Gasteiger partial charge is 0.323 e. The van der Waals surface area contributed by atoms with Crippen LogP contribution in [0.2, 0.25) is 0 Å². The maximum atomic E-state index is 14.0. The lowest BCUT2D eigenvalue weighted by atomic mass is 9.83. The van der Waals surface area contributed by atoms with Crippen LogP contribution >= 0.6 is 0 Å². The predicted octanol–water partition coefficient (Wildman–Crippen LogP) is 6.48. The lowest BCUT2D eigenvalue weighted by molar-refractivity contribution is -0.154. The molecule has 2 aromatic carbocycles. The SMILES string of the molecule is COc1ccc(COC(=O)[C@@H](C2CCCCC2)N2C[C@H](CN3CCC(n4cnc5cccnc54)CC3)[C@@H](c3ccccc3)C2)cc1. The van der Waals surface area contributed by atoms with Gasteiger partial charge >= 0.3 is 5.97 Å². The third-order valence-corrected chi connectivity index (χ3v) is 10.7. The molecule has 3 fully saturated rings. The van der Waals surface area contributed by atoms with Crippen molar-refractivity contribution in [1.82, 2.24) is 24.3 Å². The van der Waals surface area contributed by atoms with E-state index in [1.54, 1.807) is 7.11 Å². The number of rotatable bonds is 10. The normalized spacial score (nSPS) is 22.6. The van der Waals surface area contributed by atoms with Crippen LogP contribution in [0.15, 0.2) is 79.3 Å². The van der Waals surface area contributed by atoms with Gasteiger partial charge < -0.3 is 18.9 Å². The molecule has 0 spiro atoms. The Morgan fingerprint density at radius 1 is 0.891 bits per heavy atom. The van der Waals surface area contributed by atoms with Crippen molar-refractivity contribution in [3.8, 4) is 5.75 Å². The molecular formula is C38H47N5O3. The zero-order valence-corrected chi connectivity index (χ0v) is 27.0. The van der Waals surface area contributed by atoms with Crippen LogP contribution in [0.1, 0.15) is 68.0 Å². The molecule has 3 atom stereocenters. The summed E-state index contributed by atoms with van der Waals surface area (Å²) in [6, 6.07) is 23.0. The number of piperidine rings is 1. The summed E-state index contributed by atoms with van der Waals surface area (Å²) in [4.78, 5) is 28.4. The van der Waals surface area contributed by atoms with Crippen LogP contribution in [0.25, 0.3) is 11.2 Å². The van der Waals surface area contributed by atoms with Crippen LogP contribution in [0.5, 0.6) is 5.75 Å². The number of likely N-dealkylation sites (tertiary alicyclic amines) is 2. The number of ether oxygens (including phenoxy) is 2. The van der Waals surface area contributed by atoms with E-state index in [0.29, 0.717) is 30.4 Å². The lowest BCUT2D eigenvalue weighted by Gasteiger charge is -2.36. The lowest BCUT2D eigenvalue weighted by Crippen LogP contribution is -2.47. The van der Waals surface area contributed by atoms with Crippen molar-refractivity contribution >= 4 is 17.1 Å². The second-order valence-electron chi connectivity index (χ2n) is 13.6. The van der Waals surface area contributed by atoms with Crippen LogP contribution in [-0.2, 0) is 16.1 Å². The van der Waals surface area contributed by atoms with E-state index in [9.17, 15) is 4.79 Å². The Morgan fingerprint density at radius 3 is 2.43 bits per heavy atom. The number of imidazole rings is 1. The average Bonchev–Trinajstić information content (AvgIpc) is 3.73. The molecule has 2 aromatic heterocycles. The fourth-order valence-electron chi connectivity index (χ4n) is 8.29. The van der Waals surface area contributed by atoms with Gasteiger partial charge in [-0.1, -0.05) is 61.7 Å². The van der Waals surface area contributed by atoms with Crippen molar-refractivity contribution in [2.75, 3.05) is 39.8 Å². The number of esters is 1. The fraction of sp³-hybridized carbons (Fsp3) is 0.500. The average molecular weight is 622 g/mol. The number of nitrogens with zero attached hydrogens (tertiary/aromatic N) is 5. The number of benzene rings is 2. The van der Waals surface area contributed by atoms with Crippen molar-refractivity contribution in [1.29, 1.82) is 0 Å². The fourth-order valence-corrected chi connectivity index (χ4v) is 8.29. The molecule has 8 nitrogen and oxygen atoms in total. The number of carbonyl (C=O) groups is 1. The summed E-state index contributed by atoms with van der Waals surface area (Å²) in [5.41, 5.74) is 4.33. The molecular weight excluding hydrogens is 574 g/mol. The Hall–Kier alpha value is -3.75. The van der Waals surface area contributed by atoms with E-state index in [1.807, 2.05) is 48.9 Å². The van der Waals surface area contributed by atoms with Crippen molar-refractivity contribution in [3.05, 3.63) is 90.4 Å². The Bertz CT molecular complexity index is 1560. The van der Waals surface area contributed by atoms with Crippen LogP contribution in [0, 0.1) is 11.8 Å². The van der Waals surface area contributed by atoms with Crippen molar-refractivity contribution < 1.29 is 14.3 Å². The highest BCUT2D eigenvalue weighted by molar-refractivity contribution is 5.76. The van der Waals surface area contributed by atoms with Gasteiger partial charge in [-0.2, -0.15) is 0 Å². The largest absolute Gasteiger partial charge is 0.497 e. The first-order valence-corrected chi connectivity index (χ1v) is 17.2. The number of fused-ring (bicyclic) bond motifs is 1. The van der Waals surface area contributed by atoms with Crippen molar-refractivity contribution in [3.63, 3.8) is 0 Å². The van der Waals surface area contributed by atoms with Crippen LogP contribution in [0.4, 0.5) is 0 Å². The van der Waals surface area contributed by atoms with Crippen molar-refractivity contribution in [2.24, 2.45) is 11.8 Å². The van der Waals surface area contributed by atoms with Gasteiger partial charge in [-0.05, 0) is 72.9 Å². The van der Waals surface area contributed by atoms with Gasteiger partial charge in [-0.3, -0.25) is 9.69 Å². The first kappa shape index (κ1) is 30.9.